The lowest BCUT2D eigenvalue weighted by Gasteiger charge is -2.34. The quantitative estimate of drug-likeness (QED) is 0.767. The van der Waals surface area contributed by atoms with Crippen molar-refractivity contribution >= 4 is 49.2 Å². The maximum absolute atomic E-state index is 12.6. The molecule has 1 saturated carbocycles. The predicted molar refractivity (Wildman–Crippen MR) is 90.5 cm³/mol. The van der Waals surface area contributed by atoms with Crippen LogP contribution in [0.3, 0.4) is 0 Å². The van der Waals surface area contributed by atoms with E-state index in [-0.39, 0.29) is 21.0 Å². The monoisotopic (exact) mass is 413 g/mol. The molecule has 1 fully saturated rings. The van der Waals surface area contributed by atoms with Gasteiger partial charge in [0.1, 0.15) is 4.90 Å². The van der Waals surface area contributed by atoms with Crippen LogP contribution in [-0.4, -0.2) is 14.5 Å². The van der Waals surface area contributed by atoms with E-state index >= 15 is 0 Å². The summed E-state index contributed by atoms with van der Waals surface area (Å²) < 4.78 is 28.7. The summed E-state index contributed by atoms with van der Waals surface area (Å²) in [6.45, 7) is 4.24. The molecule has 0 amide bonds. The number of hydrogen-bond donors (Lipinski definition) is 1. The van der Waals surface area contributed by atoms with Crippen LogP contribution in [0.4, 0.5) is 0 Å². The largest absolute Gasteiger partial charge is 0.243 e. The molecule has 0 bridgehead atoms. The minimum absolute atomic E-state index is 0.0422. The minimum Gasteiger partial charge on any atom is -0.208 e. The Balaban J connectivity index is 2.31. The van der Waals surface area contributed by atoms with Gasteiger partial charge < -0.3 is 0 Å². The molecule has 0 radical (unpaired) electrons. The molecule has 21 heavy (non-hydrogen) atoms. The lowest BCUT2D eigenvalue weighted by atomic mass is 9.78. The van der Waals surface area contributed by atoms with E-state index < -0.39 is 10.0 Å². The van der Waals surface area contributed by atoms with Gasteiger partial charge in [0, 0.05) is 10.5 Å². The molecule has 0 aliphatic heterocycles. The van der Waals surface area contributed by atoms with Crippen LogP contribution in [0.1, 0.15) is 33.1 Å². The molecule has 1 aliphatic carbocycles. The van der Waals surface area contributed by atoms with Gasteiger partial charge in [-0.15, -0.1) is 0 Å². The second kappa shape index (κ2) is 6.75. The predicted octanol–water partition coefficient (Wildman–Crippen LogP) is 4.86. The first-order valence-electron chi connectivity index (χ1n) is 6.89. The van der Waals surface area contributed by atoms with Gasteiger partial charge in [0.05, 0.1) is 10.0 Å². The Bertz CT molecular complexity index is 613. The van der Waals surface area contributed by atoms with Gasteiger partial charge in [-0.1, -0.05) is 65.8 Å². The van der Waals surface area contributed by atoms with Crippen molar-refractivity contribution in [1.82, 2.24) is 4.72 Å². The van der Waals surface area contributed by atoms with Gasteiger partial charge in [-0.2, -0.15) is 0 Å². The van der Waals surface area contributed by atoms with Crippen LogP contribution in [0.25, 0.3) is 0 Å². The van der Waals surface area contributed by atoms with Gasteiger partial charge in [0.15, 0.2) is 0 Å². The summed E-state index contributed by atoms with van der Waals surface area (Å²) in [5.74, 6) is 0.795. The van der Waals surface area contributed by atoms with Crippen molar-refractivity contribution in [3.8, 4) is 0 Å². The summed E-state index contributed by atoms with van der Waals surface area (Å²) in [5, 5.41) is 0.247. The highest BCUT2D eigenvalue weighted by Crippen LogP contribution is 2.35. The molecule has 1 N–H and O–H groups in total. The third-order valence-electron chi connectivity index (χ3n) is 4.25. The van der Waals surface area contributed by atoms with Crippen LogP contribution < -0.4 is 4.72 Å². The lowest BCUT2D eigenvalue weighted by molar-refractivity contribution is 0.227. The molecule has 1 aliphatic rings. The Labute approximate surface area is 144 Å². The van der Waals surface area contributed by atoms with Gasteiger partial charge in [-0.25, -0.2) is 13.1 Å². The highest BCUT2D eigenvalue weighted by atomic mass is 79.9. The lowest BCUT2D eigenvalue weighted by Crippen LogP contribution is -2.43. The van der Waals surface area contributed by atoms with E-state index in [0.29, 0.717) is 16.3 Å². The van der Waals surface area contributed by atoms with E-state index in [2.05, 4.69) is 34.5 Å². The summed E-state index contributed by atoms with van der Waals surface area (Å²) in [6.07, 6.45) is 3.01. The van der Waals surface area contributed by atoms with Gasteiger partial charge in [0.2, 0.25) is 10.0 Å². The van der Waals surface area contributed by atoms with Crippen LogP contribution in [0.2, 0.25) is 10.0 Å². The van der Waals surface area contributed by atoms with E-state index in [1.165, 1.54) is 12.1 Å². The van der Waals surface area contributed by atoms with Crippen LogP contribution in [0, 0.1) is 11.8 Å². The third-order valence-corrected chi connectivity index (χ3v) is 7.11. The molecule has 0 saturated heterocycles. The Morgan fingerprint density at radius 2 is 1.76 bits per heavy atom. The highest BCUT2D eigenvalue weighted by Gasteiger charge is 2.32. The summed E-state index contributed by atoms with van der Waals surface area (Å²) in [7, 11) is -3.73. The summed E-state index contributed by atoms with van der Waals surface area (Å²) in [5.41, 5.74) is 0. The topological polar surface area (TPSA) is 46.2 Å². The fourth-order valence-electron chi connectivity index (χ4n) is 2.79. The van der Waals surface area contributed by atoms with Crippen LogP contribution in [0.15, 0.2) is 21.5 Å². The van der Waals surface area contributed by atoms with Crippen molar-refractivity contribution in [3.63, 3.8) is 0 Å². The number of benzene rings is 1. The maximum Gasteiger partial charge on any atom is 0.243 e. The van der Waals surface area contributed by atoms with Gasteiger partial charge >= 0.3 is 0 Å². The average Bonchev–Trinajstić information content (AvgIpc) is 2.33. The van der Waals surface area contributed by atoms with Crippen molar-refractivity contribution in [3.05, 3.63) is 26.7 Å². The summed E-state index contributed by atoms with van der Waals surface area (Å²) >= 11 is 15.4. The minimum atomic E-state index is -3.73. The van der Waals surface area contributed by atoms with Gasteiger partial charge in [-0.05, 0) is 30.4 Å². The van der Waals surface area contributed by atoms with Crippen LogP contribution >= 0.6 is 39.1 Å². The normalized spacial score (nSPS) is 26.8. The van der Waals surface area contributed by atoms with Crippen molar-refractivity contribution < 1.29 is 8.42 Å². The zero-order valence-electron chi connectivity index (χ0n) is 11.9. The zero-order valence-corrected chi connectivity index (χ0v) is 15.8. The van der Waals surface area contributed by atoms with Crippen LogP contribution in [-0.2, 0) is 10.0 Å². The highest BCUT2D eigenvalue weighted by molar-refractivity contribution is 9.10. The molecule has 0 aromatic heterocycles. The molecular formula is C14H18BrCl2NO2S. The van der Waals surface area contributed by atoms with E-state index in [9.17, 15) is 8.42 Å². The maximum atomic E-state index is 12.6. The number of sulfonamides is 1. The molecule has 7 heteroatoms. The molecule has 0 spiro atoms. The second-order valence-electron chi connectivity index (χ2n) is 5.69. The summed E-state index contributed by atoms with van der Waals surface area (Å²) in [4.78, 5) is -0.0422. The first-order valence-corrected chi connectivity index (χ1v) is 9.92. The fraction of sp³-hybridized carbons (Fsp3) is 0.571. The molecule has 1 aromatic carbocycles. The molecule has 1 aromatic rings. The molecule has 3 unspecified atom stereocenters. The fourth-order valence-corrected chi connectivity index (χ4v) is 6.09. The second-order valence-corrected chi connectivity index (χ2v) is 9.07. The Morgan fingerprint density at radius 3 is 2.33 bits per heavy atom. The molecular weight excluding hydrogens is 397 g/mol. The number of halogens is 3. The smallest absolute Gasteiger partial charge is 0.208 e. The first kappa shape index (κ1) is 17.5. The number of hydrogen-bond acceptors (Lipinski definition) is 2. The summed E-state index contributed by atoms with van der Waals surface area (Å²) in [6, 6.07) is 3.00. The Morgan fingerprint density at radius 1 is 1.19 bits per heavy atom. The van der Waals surface area contributed by atoms with Gasteiger partial charge in [0.25, 0.3) is 0 Å². The zero-order chi connectivity index (χ0) is 15.8. The molecule has 2 rings (SSSR count). The van der Waals surface area contributed by atoms with E-state index in [1.54, 1.807) is 0 Å². The van der Waals surface area contributed by atoms with Crippen molar-refractivity contribution in [2.45, 2.75) is 44.0 Å². The van der Waals surface area contributed by atoms with E-state index in [4.69, 9.17) is 23.2 Å². The first-order chi connectivity index (χ1) is 9.72. The molecule has 0 heterocycles. The van der Waals surface area contributed by atoms with Crippen molar-refractivity contribution in [2.75, 3.05) is 0 Å². The van der Waals surface area contributed by atoms with E-state index in [0.717, 1.165) is 19.3 Å². The van der Waals surface area contributed by atoms with Crippen molar-refractivity contribution in [2.24, 2.45) is 11.8 Å². The Hall–Kier alpha value is 0.190. The number of nitrogens with one attached hydrogen (secondary N) is 1. The van der Waals surface area contributed by atoms with Crippen LogP contribution in [0.5, 0.6) is 0 Å². The van der Waals surface area contributed by atoms with Gasteiger partial charge in [-0.3, -0.25) is 0 Å². The Kier molecular flexibility index (Phi) is 5.64. The number of rotatable bonds is 3. The third kappa shape index (κ3) is 3.94. The average molecular weight is 415 g/mol. The van der Waals surface area contributed by atoms with E-state index in [1.807, 2.05) is 0 Å². The molecule has 118 valence electrons. The SMILES string of the molecule is CC1CCCC(NS(=O)(=O)c2c(Cl)cc(Br)cc2Cl)C1C. The van der Waals surface area contributed by atoms with Crippen molar-refractivity contribution in [1.29, 1.82) is 0 Å². The molecule has 3 atom stereocenters. The standard InChI is InChI=1S/C14H18BrCl2NO2S/c1-8-4-3-5-13(9(8)2)18-21(19,20)14-11(16)6-10(15)7-12(14)17/h6-9,13,18H,3-5H2,1-2H3. The molecule has 3 nitrogen and oxygen atoms in total.